The number of primary amides is 1. The Hall–Kier alpha value is -4.01. The monoisotopic (exact) mass is 694 g/mol. The second-order valence-corrected chi connectivity index (χ2v) is 13.4. The Morgan fingerprint density at radius 3 is 2.40 bits per heavy atom. The maximum Gasteiger partial charge on any atom is 0.319 e. The number of anilines is 2. The van der Waals surface area contributed by atoms with Crippen molar-refractivity contribution in [2.45, 2.75) is 71.5 Å². The van der Waals surface area contributed by atoms with Crippen LogP contribution in [-0.2, 0) is 16.6 Å². The first-order chi connectivity index (χ1) is 21.7. The minimum atomic E-state index is -3.40. The van der Waals surface area contributed by atoms with Gasteiger partial charge in [0.2, 0.25) is 15.9 Å². The van der Waals surface area contributed by atoms with Crippen LogP contribution in [0, 0.1) is 25.5 Å². The molecule has 4 rings (SSSR count). The van der Waals surface area contributed by atoms with Crippen LogP contribution >= 0.6 is 12.4 Å². The highest BCUT2D eigenvalue weighted by Gasteiger charge is 2.29. The molecule has 0 bridgehead atoms. The average Bonchev–Trinajstić information content (AvgIpc) is 2.96. The minimum Gasteiger partial charge on any atom is -0.438 e. The fourth-order valence-electron chi connectivity index (χ4n) is 5.64. The van der Waals surface area contributed by atoms with Gasteiger partial charge in [0.1, 0.15) is 17.4 Å². The molecule has 0 saturated carbocycles. The lowest BCUT2D eigenvalue weighted by molar-refractivity contribution is 0.0996. The summed E-state index contributed by atoms with van der Waals surface area (Å²) in [4.78, 5) is 31.0. The number of halogens is 3. The molecule has 1 aromatic heterocycles. The third-order valence-corrected chi connectivity index (χ3v) is 8.39. The van der Waals surface area contributed by atoms with Crippen molar-refractivity contribution in [1.29, 1.82) is 0 Å². The first-order valence-corrected chi connectivity index (χ1v) is 16.9. The lowest BCUT2D eigenvalue weighted by Crippen LogP contribution is -2.50. The van der Waals surface area contributed by atoms with Gasteiger partial charge in [0.05, 0.1) is 17.5 Å². The summed E-state index contributed by atoms with van der Waals surface area (Å²) in [6.45, 7) is 7.16. The van der Waals surface area contributed by atoms with Gasteiger partial charge in [-0.05, 0) is 68.0 Å². The van der Waals surface area contributed by atoms with Crippen molar-refractivity contribution < 1.29 is 31.5 Å². The summed E-state index contributed by atoms with van der Waals surface area (Å²) in [7, 11) is -3.40. The smallest absolute Gasteiger partial charge is 0.319 e. The number of aryl methyl sites for hydroxylation is 2. The molecular weight excluding hydrogens is 654 g/mol. The van der Waals surface area contributed by atoms with Gasteiger partial charge in [-0.25, -0.2) is 27.0 Å². The lowest BCUT2D eigenvalue weighted by Gasteiger charge is -2.40. The fourth-order valence-corrected chi connectivity index (χ4v) is 6.19. The van der Waals surface area contributed by atoms with Gasteiger partial charge in [0.25, 0.3) is 5.91 Å². The number of nitrogens with zero attached hydrogens (tertiary/aromatic N) is 2. The maximum atomic E-state index is 14.3. The predicted molar refractivity (Wildman–Crippen MR) is 180 cm³/mol. The lowest BCUT2D eigenvalue weighted by atomic mass is 9.93. The van der Waals surface area contributed by atoms with Crippen molar-refractivity contribution in [3.05, 3.63) is 76.5 Å². The number of unbranched alkanes of at least 4 members (excludes halogenated alkanes) is 1. The van der Waals surface area contributed by atoms with Gasteiger partial charge in [-0.1, -0.05) is 25.8 Å². The molecule has 0 radical (unpaired) electrons. The molecule has 3 aromatic rings. The first kappa shape index (κ1) is 37.4. The Bertz CT molecular complexity index is 1670. The number of nitrogens with one attached hydrogen (secondary N) is 3. The van der Waals surface area contributed by atoms with Crippen molar-refractivity contribution in [2.24, 2.45) is 5.73 Å². The van der Waals surface area contributed by atoms with Crippen molar-refractivity contribution in [1.82, 2.24) is 15.2 Å². The molecule has 0 spiro atoms. The zero-order valence-corrected chi connectivity index (χ0v) is 28.4. The number of rotatable bonds is 12. The molecule has 2 atom stereocenters. The summed E-state index contributed by atoms with van der Waals surface area (Å²) in [6.07, 6.45) is 7.18. The van der Waals surface area contributed by atoms with Crippen LogP contribution in [0.25, 0.3) is 0 Å². The van der Waals surface area contributed by atoms with Gasteiger partial charge in [0, 0.05) is 49.2 Å². The van der Waals surface area contributed by atoms with Crippen LogP contribution in [0.15, 0.2) is 42.6 Å². The highest BCUT2D eigenvalue weighted by molar-refractivity contribution is 7.92. The highest BCUT2D eigenvalue weighted by Crippen LogP contribution is 2.31. The van der Waals surface area contributed by atoms with Gasteiger partial charge >= 0.3 is 6.03 Å². The van der Waals surface area contributed by atoms with E-state index in [1.807, 2.05) is 19.9 Å². The number of pyridine rings is 1. The van der Waals surface area contributed by atoms with Crippen molar-refractivity contribution >= 4 is 45.7 Å². The molecule has 1 saturated heterocycles. The second-order valence-electron chi connectivity index (χ2n) is 11.7. The van der Waals surface area contributed by atoms with Crippen LogP contribution in [-0.4, -0.2) is 55.1 Å². The summed E-state index contributed by atoms with van der Waals surface area (Å²) in [5, 5.41) is 5.26. The third-order valence-electron chi connectivity index (χ3n) is 7.79. The Labute approximate surface area is 280 Å². The maximum absolute atomic E-state index is 14.3. The van der Waals surface area contributed by atoms with Crippen LogP contribution in [0.4, 0.5) is 25.0 Å². The number of benzene rings is 2. The first-order valence-electron chi connectivity index (χ1n) is 15.0. The number of amides is 3. The van der Waals surface area contributed by atoms with E-state index in [-0.39, 0.29) is 30.2 Å². The molecule has 0 aliphatic carbocycles. The topological polar surface area (TPSA) is 156 Å². The predicted octanol–water partition coefficient (Wildman–Crippen LogP) is 6.01. The summed E-state index contributed by atoms with van der Waals surface area (Å²) < 4.78 is 59.8. The normalized spacial score (nSPS) is 16.6. The molecule has 3 amide bonds. The fraction of sp³-hybridized carbons (Fsp3) is 0.406. The molecule has 1 fully saturated rings. The average molecular weight is 695 g/mol. The molecule has 2 heterocycles. The summed E-state index contributed by atoms with van der Waals surface area (Å²) >= 11 is 0. The molecule has 1 aliphatic heterocycles. The molecular formula is C32H41ClF2N6O5S. The van der Waals surface area contributed by atoms with E-state index in [1.165, 1.54) is 0 Å². The number of likely N-dealkylation sites (tertiary alicyclic amines) is 1. The molecule has 2 aromatic carbocycles. The number of hydrogen-bond donors (Lipinski definition) is 4. The number of hydrogen-bond acceptors (Lipinski definition) is 7. The van der Waals surface area contributed by atoms with Crippen molar-refractivity contribution in [3.63, 3.8) is 0 Å². The standard InChI is InChI=1S/C32H40F2N6O5S.ClH/c1-5-6-7-24-14-22(37-32(42)38-28-15-25(31(35)41)26(33)16-27(28)34)10-11-40(24)18-21-8-9-29(36-17-21)45-30-19(2)12-23(13-20(30)3)39-46(4,43)44;/h8-9,12-13,15-17,22,24,39H,5-7,10-11,14,18H2,1-4H3,(H2,35,41)(H2,37,38,42);1H. The van der Waals surface area contributed by atoms with E-state index in [9.17, 15) is 26.8 Å². The molecule has 5 N–H and O–H groups in total. The van der Waals surface area contributed by atoms with Crippen LogP contribution in [0.2, 0.25) is 0 Å². The molecule has 256 valence electrons. The van der Waals surface area contributed by atoms with Crippen molar-refractivity contribution in [2.75, 3.05) is 22.8 Å². The summed E-state index contributed by atoms with van der Waals surface area (Å²) in [5.74, 6) is -2.15. The van der Waals surface area contributed by atoms with Crippen LogP contribution in [0.5, 0.6) is 11.6 Å². The van der Waals surface area contributed by atoms with Crippen molar-refractivity contribution in [3.8, 4) is 11.6 Å². The van der Waals surface area contributed by atoms with E-state index in [4.69, 9.17) is 10.5 Å². The van der Waals surface area contributed by atoms with Gasteiger partial charge in [-0.15, -0.1) is 12.4 Å². The Morgan fingerprint density at radius 2 is 1.81 bits per heavy atom. The Kier molecular flexibility index (Phi) is 12.9. The Morgan fingerprint density at radius 1 is 1.11 bits per heavy atom. The summed E-state index contributed by atoms with van der Waals surface area (Å²) in [6, 6.07) is 7.94. The SMILES string of the molecule is CCCCC1CC(NC(=O)Nc2cc(C(N)=O)c(F)cc2F)CCN1Cc1ccc(Oc2c(C)cc(NS(C)(=O)=O)cc2C)nc1.Cl. The quantitative estimate of drug-likeness (QED) is 0.181. The van der Waals surface area contributed by atoms with E-state index >= 15 is 0 Å². The van der Waals surface area contributed by atoms with E-state index in [1.54, 1.807) is 24.4 Å². The molecule has 1 aliphatic rings. The number of carbonyl (C=O) groups is 2. The van der Waals surface area contributed by atoms with Gasteiger partial charge in [-0.2, -0.15) is 0 Å². The van der Waals surface area contributed by atoms with Crippen LogP contribution in [0.3, 0.4) is 0 Å². The summed E-state index contributed by atoms with van der Waals surface area (Å²) in [5.41, 5.74) is 7.28. The van der Waals surface area contributed by atoms with Gasteiger partial charge in [-0.3, -0.25) is 14.4 Å². The minimum absolute atomic E-state index is 0. The largest absolute Gasteiger partial charge is 0.438 e. The zero-order valence-electron chi connectivity index (χ0n) is 26.7. The number of ether oxygens (including phenoxy) is 1. The molecule has 47 heavy (non-hydrogen) atoms. The molecule has 15 heteroatoms. The van der Waals surface area contributed by atoms with E-state index < -0.39 is 39.2 Å². The van der Waals surface area contributed by atoms with E-state index in [2.05, 4.69) is 32.2 Å². The number of nitrogens with two attached hydrogens (primary N) is 1. The van der Waals surface area contributed by atoms with Gasteiger partial charge in [0.15, 0.2) is 0 Å². The number of carbonyl (C=O) groups excluding carboxylic acids is 2. The number of sulfonamides is 1. The number of piperidine rings is 1. The van der Waals surface area contributed by atoms with Gasteiger partial charge < -0.3 is 21.1 Å². The zero-order chi connectivity index (χ0) is 33.6. The van der Waals surface area contributed by atoms with E-state index in [0.29, 0.717) is 49.3 Å². The van der Waals surface area contributed by atoms with Crippen LogP contribution in [0.1, 0.15) is 66.1 Å². The molecule has 11 nitrogen and oxygen atoms in total. The number of aromatic nitrogens is 1. The van der Waals surface area contributed by atoms with E-state index in [0.717, 1.165) is 48.3 Å². The van der Waals surface area contributed by atoms with Crippen LogP contribution < -0.4 is 25.8 Å². The number of urea groups is 1. The highest BCUT2D eigenvalue weighted by atomic mass is 35.5. The second kappa shape index (κ2) is 16.2. The Balaban J connectivity index is 0.00000600. The third kappa shape index (κ3) is 10.5. The molecule has 2 unspecified atom stereocenters.